The quantitative estimate of drug-likeness (QED) is 0.818. The number of rotatable bonds is 6. The molecule has 1 N–H and O–H groups in total. The Morgan fingerprint density at radius 2 is 1.85 bits per heavy atom. The monoisotopic (exact) mass is 268 g/mol. The van der Waals surface area contributed by atoms with Crippen molar-refractivity contribution >= 4 is 5.69 Å². The summed E-state index contributed by atoms with van der Waals surface area (Å²) >= 11 is 0. The zero-order valence-corrected chi connectivity index (χ0v) is 11.3. The standard InChI is InChI=1S/C16H16N2O2/c1-19-16-5-3-2-4-15(16)18-10-11-20-14-8-6-13(12-17)7-9-14/h2-9,18H,10-11H2,1H3. The van der Waals surface area contributed by atoms with Gasteiger partial charge in [-0.2, -0.15) is 5.26 Å². The number of nitriles is 1. The van der Waals surface area contributed by atoms with Gasteiger partial charge in [0, 0.05) is 6.54 Å². The Bertz CT molecular complexity index is 588. The number of nitrogens with zero attached hydrogens (tertiary/aromatic N) is 1. The summed E-state index contributed by atoms with van der Waals surface area (Å²) in [6, 6.07) is 16.9. The van der Waals surface area contributed by atoms with Gasteiger partial charge in [0.25, 0.3) is 0 Å². The first-order valence-electron chi connectivity index (χ1n) is 6.33. The Morgan fingerprint density at radius 3 is 2.55 bits per heavy atom. The highest BCUT2D eigenvalue weighted by Gasteiger charge is 2.00. The van der Waals surface area contributed by atoms with Crippen LogP contribution in [-0.2, 0) is 0 Å². The summed E-state index contributed by atoms with van der Waals surface area (Å²) in [6.45, 7) is 1.20. The summed E-state index contributed by atoms with van der Waals surface area (Å²) in [4.78, 5) is 0. The van der Waals surface area contributed by atoms with Crippen LogP contribution in [0.25, 0.3) is 0 Å². The topological polar surface area (TPSA) is 54.3 Å². The van der Waals surface area contributed by atoms with Gasteiger partial charge in [-0.05, 0) is 36.4 Å². The minimum atomic E-state index is 0.532. The fraction of sp³-hybridized carbons (Fsp3) is 0.188. The molecular formula is C16H16N2O2. The molecule has 0 aliphatic carbocycles. The van der Waals surface area contributed by atoms with Crippen molar-refractivity contribution in [3.63, 3.8) is 0 Å². The van der Waals surface area contributed by atoms with Gasteiger partial charge in [-0.3, -0.25) is 0 Å². The highest BCUT2D eigenvalue weighted by molar-refractivity contribution is 5.56. The van der Waals surface area contributed by atoms with E-state index in [1.165, 1.54) is 0 Å². The van der Waals surface area contributed by atoms with E-state index in [1.54, 1.807) is 31.4 Å². The largest absolute Gasteiger partial charge is 0.495 e. The maximum Gasteiger partial charge on any atom is 0.141 e. The summed E-state index contributed by atoms with van der Waals surface area (Å²) in [7, 11) is 1.65. The number of nitrogens with one attached hydrogen (secondary N) is 1. The second-order valence-electron chi connectivity index (χ2n) is 4.11. The van der Waals surface area contributed by atoms with Gasteiger partial charge in [0.05, 0.1) is 24.4 Å². The lowest BCUT2D eigenvalue weighted by Crippen LogP contribution is -2.12. The minimum Gasteiger partial charge on any atom is -0.495 e. The lowest BCUT2D eigenvalue weighted by atomic mass is 10.2. The molecule has 2 aromatic rings. The van der Waals surface area contributed by atoms with Crippen LogP contribution in [0.2, 0.25) is 0 Å². The van der Waals surface area contributed by atoms with Crippen LogP contribution in [-0.4, -0.2) is 20.3 Å². The third-order valence-corrected chi connectivity index (χ3v) is 2.78. The number of methoxy groups -OCH3 is 1. The Morgan fingerprint density at radius 1 is 1.10 bits per heavy atom. The highest BCUT2D eigenvalue weighted by Crippen LogP contribution is 2.22. The van der Waals surface area contributed by atoms with Gasteiger partial charge in [0.15, 0.2) is 0 Å². The van der Waals surface area contributed by atoms with E-state index in [9.17, 15) is 0 Å². The van der Waals surface area contributed by atoms with Crippen LogP contribution in [0.4, 0.5) is 5.69 Å². The average molecular weight is 268 g/mol. The van der Waals surface area contributed by atoms with E-state index in [1.807, 2.05) is 24.3 Å². The molecule has 0 bridgehead atoms. The smallest absolute Gasteiger partial charge is 0.141 e. The molecule has 0 heterocycles. The lowest BCUT2D eigenvalue weighted by molar-refractivity contribution is 0.332. The zero-order valence-electron chi connectivity index (χ0n) is 11.3. The fourth-order valence-electron chi connectivity index (χ4n) is 1.77. The number of ether oxygens (including phenoxy) is 2. The molecule has 0 atom stereocenters. The predicted molar refractivity (Wildman–Crippen MR) is 78.1 cm³/mol. The third kappa shape index (κ3) is 3.66. The highest BCUT2D eigenvalue weighted by atomic mass is 16.5. The number of para-hydroxylation sites is 2. The molecule has 0 radical (unpaired) electrons. The summed E-state index contributed by atoms with van der Waals surface area (Å²) in [5, 5.41) is 12.0. The van der Waals surface area contributed by atoms with Crippen molar-refractivity contribution in [2.75, 3.05) is 25.6 Å². The van der Waals surface area contributed by atoms with E-state index in [4.69, 9.17) is 14.7 Å². The molecule has 0 spiro atoms. The molecule has 0 unspecified atom stereocenters. The number of anilines is 1. The molecule has 0 aliphatic heterocycles. The maximum absolute atomic E-state index is 8.71. The van der Waals surface area contributed by atoms with E-state index in [2.05, 4.69) is 11.4 Å². The van der Waals surface area contributed by atoms with Gasteiger partial charge in [-0.1, -0.05) is 12.1 Å². The van der Waals surface area contributed by atoms with Gasteiger partial charge in [0.1, 0.15) is 18.1 Å². The molecule has 0 saturated heterocycles. The van der Waals surface area contributed by atoms with E-state index in [0.29, 0.717) is 18.7 Å². The molecule has 102 valence electrons. The first-order valence-corrected chi connectivity index (χ1v) is 6.33. The number of hydrogen-bond donors (Lipinski definition) is 1. The van der Waals surface area contributed by atoms with Crippen molar-refractivity contribution in [1.29, 1.82) is 5.26 Å². The molecule has 2 rings (SSSR count). The molecular weight excluding hydrogens is 252 g/mol. The van der Waals surface area contributed by atoms with Crippen LogP contribution >= 0.6 is 0 Å². The zero-order chi connectivity index (χ0) is 14.2. The summed E-state index contributed by atoms with van der Waals surface area (Å²) in [5.74, 6) is 1.57. The molecule has 0 aromatic heterocycles. The molecule has 0 saturated carbocycles. The van der Waals surface area contributed by atoms with Crippen molar-refractivity contribution in [3.8, 4) is 17.6 Å². The molecule has 20 heavy (non-hydrogen) atoms. The minimum absolute atomic E-state index is 0.532. The van der Waals surface area contributed by atoms with Gasteiger partial charge in [-0.15, -0.1) is 0 Å². The Labute approximate surface area is 118 Å². The van der Waals surface area contributed by atoms with Gasteiger partial charge >= 0.3 is 0 Å². The Kier molecular flexibility index (Phi) is 4.85. The second-order valence-corrected chi connectivity index (χ2v) is 4.11. The van der Waals surface area contributed by atoms with Crippen LogP contribution < -0.4 is 14.8 Å². The van der Waals surface area contributed by atoms with Gasteiger partial charge in [-0.25, -0.2) is 0 Å². The normalized spacial score (nSPS) is 9.60. The second kappa shape index (κ2) is 7.05. The first-order chi connectivity index (χ1) is 9.83. The van der Waals surface area contributed by atoms with E-state index >= 15 is 0 Å². The van der Waals surface area contributed by atoms with Crippen molar-refractivity contribution in [2.45, 2.75) is 0 Å². The first kappa shape index (κ1) is 13.8. The van der Waals surface area contributed by atoms with Crippen molar-refractivity contribution in [2.24, 2.45) is 0 Å². The average Bonchev–Trinajstić information content (AvgIpc) is 2.52. The van der Waals surface area contributed by atoms with E-state index in [0.717, 1.165) is 17.2 Å². The van der Waals surface area contributed by atoms with E-state index < -0.39 is 0 Å². The predicted octanol–water partition coefficient (Wildman–Crippen LogP) is 3.06. The molecule has 4 heteroatoms. The third-order valence-electron chi connectivity index (χ3n) is 2.78. The van der Waals surface area contributed by atoms with Crippen molar-refractivity contribution in [1.82, 2.24) is 0 Å². The van der Waals surface area contributed by atoms with Gasteiger partial charge in [0.2, 0.25) is 0 Å². The van der Waals surface area contributed by atoms with Crippen LogP contribution in [0.3, 0.4) is 0 Å². The van der Waals surface area contributed by atoms with Crippen molar-refractivity contribution in [3.05, 3.63) is 54.1 Å². The molecule has 2 aromatic carbocycles. The molecule has 0 fully saturated rings. The number of benzene rings is 2. The molecule has 4 nitrogen and oxygen atoms in total. The van der Waals surface area contributed by atoms with Crippen LogP contribution in [0.5, 0.6) is 11.5 Å². The Balaban J connectivity index is 1.80. The van der Waals surface area contributed by atoms with E-state index in [-0.39, 0.29) is 0 Å². The van der Waals surface area contributed by atoms with Crippen LogP contribution in [0, 0.1) is 11.3 Å². The van der Waals surface area contributed by atoms with Crippen LogP contribution in [0.1, 0.15) is 5.56 Å². The number of hydrogen-bond acceptors (Lipinski definition) is 4. The summed E-state index contributed by atoms with van der Waals surface area (Å²) < 4.78 is 10.8. The molecule has 0 aliphatic rings. The maximum atomic E-state index is 8.71. The lowest BCUT2D eigenvalue weighted by Gasteiger charge is -2.11. The summed E-state index contributed by atoms with van der Waals surface area (Å²) in [5.41, 5.74) is 1.57. The SMILES string of the molecule is COc1ccccc1NCCOc1ccc(C#N)cc1. The molecule has 0 amide bonds. The fourth-order valence-corrected chi connectivity index (χ4v) is 1.77. The van der Waals surface area contributed by atoms with Crippen LogP contribution in [0.15, 0.2) is 48.5 Å². The Hall–Kier alpha value is -2.67. The van der Waals surface area contributed by atoms with Crippen molar-refractivity contribution < 1.29 is 9.47 Å². The summed E-state index contributed by atoms with van der Waals surface area (Å²) in [6.07, 6.45) is 0. The van der Waals surface area contributed by atoms with Gasteiger partial charge < -0.3 is 14.8 Å².